The minimum atomic E-state index is -0.788. The van der Waals surface area contributed by atoms with E-state index >= 15 is 0 Å². The molecule has 1 aromatic rings. The molecule has 0 amide bonds. The fourth-order valence-electron chi connectivity index (χ4n) is 2.87. The summed E-state index contributed by atoms with van der Waals surface area (Å²) in [6.07, 6.45) is 2.47. The lowest BCUT2D eigenvalue weighted by atomic mass is 9.66. The number of ether oxygens (including phenoxy) is 1. The third-order valence-corrected chi connectivity index (χ3v) is 4.28. The van der Waals surface area contributed by atoms with Gasteiger partial charge in [0.15, 0.2) is 0 Å². The molecule has 2 rings (SSSR count). The normalized spacial score (nSPS) is 26.0. The first-order chi connectivity index (χ1) is 8.54. The van der Waals surface area contributed by atoms with Crippen molar-refractivity contribution in [3.05, 3.63) is 29.8 Å². The molecule has 0 saturated heterocycles. The van der Waals surface area contributed by atoms with Crippen molar-refractivity contribution in [2.45, 2.75) is 38.7 Å². The monoisotopic (exact) mass is 249 g/mol. The lowest BCUT2D eigenvalue weighted by Crippen LogP contribution is -2.57. The number of rotatable bonds is 4. The standard InChI is InChI=1S/C15H23NO2/c1-3-8-14(2,17)15(10-16)9-12-6-4-5-7-13(12)18-11-15/h4-7,17H,3,8-11,16H2,1-2H3. The lowest BCUT2D eigenvalue weighted by molar-refractivity contribution is -0.0991. The molecular weight excluding hydrogens is 226 g/mol. The molecule has 100 valence electrons. The predicted octanol–water partition coefficient (Wildman–Crippen LogP) is 2.12. The summed E-state index contributed by atoms with van der Waals surface area (Å²) in [7, 11) is 0. The SMILES string of the molecule is CCCC(C)(O)C1(CN)COc2ccccc2C1. The number of para-hydroxylation sites is 1. The van der Waals surface area contributed by atoms with Gasteiger partial charge in [0.1, 0.15) is 5.75 Å². The van der Waals surface area contributed by atoms with Gasteiger partial charge in [-0.1, -0.05) is 31.5 Å². The molecule has 3 nitrogen and oxygen atoms in total. The maximum absolute atomic E-state index is 10.8. The van der Waals surface area contributed by atoms with Crippen LogP contribution in [-0.4, -0.2) is 23.9 Å². The van der Waals surface area contributed by atoms with Crippen LogP contribution in [-0.2, 0) is 6.42 Å². The zero-order chi connectivity index (χ0) is 13.2. The number of aliphatic hydroxyl groups is 1. The highest BCUT2D eigenvalue weighted by Crippen LogP contribution is 2.43. The molecule has 2 atom stereocenters. The van der Waals surface area contributed by atoms with E-state index in [1.807, 2.05) is 25.1 Å². The summed E-state index contributed by atoms with van der Waals surface area (Å²) in [6.45, 7) is 4.90. The molecule has 0 fully saturated rings. The number of benzene rings is 1. The van der Waals surface area contributed by atoms with Gasteiger partial charge in [0, 0.05) is 12.0 Å². The highest BCUT2D eigenvalue weighted by Gasteiger charge is 2.48. The van der Waals surface area contributed by atoms with Gasteiger partial charge in [0.2, 0.25) is 0 Å². The van der Waals surface area contributed by atoms with E-state index in [4.69, 9.17) is 10.5 Å². The summed E-state index contributed by atoms with van der Waals surface area (Å²) < 4.78 is 5.82. The maximum Gasteiger partial charge on any atom is 0.122 e. The minimum Gasteiger partial charge on any atom is -0.493 e. The molecule has 1 heterocycles. The zero-order valence-electron chi connectivity index (χ0n) is 11.3. The Hall–Kier alpha value is -1.06. The molecule has 0 radical (unpaired) electrons. The molecule has 3 heteroatoms. The fourth-order valence-corrected chi connectivity index (χ4v) is 2.87. The van der Waals surface area contributed by atoms with E-state index < -0.39 is 5.60 Å². The van der Waals surface area contributed by atoms with Crippen molar-refractivity contribution in [1.82, 2.24) is 0 Å². The van der Waals surface area contributed by atoms with E-state index in [1.54, 1.807) is 0 Å². The second kappa shape index (κ2) is 4.90. The van der Waals surface area contributed by atoms with Crippen molar-refractivity contribution >= 4 is 0 Å². The van der Waals surface area contributed by atoms with E-state index in [0.717, 1.165) is 30.6 Å². The van der Waals surface area contributed by atoms with Crippen molar-refractivity contribution < 1.29 is 9.84 Å². The van der Waals surface area contributed by atoms with Gasteiger partial charge in [0.25, 0.3) is 0 Å². The van der Waals surface area contributed by atoms with Crippen molar-refractivity contribution in [2.24, 2.45) is 11.1 Å². The van der Waals surface area contributed by atoms with Crippen LogP contribution in [0.1, 0.15) is 32.3 Å². The Labute approximate surface area is 109 Å². The largest absolute Gasteiger partial charge is 0.493 e. The molecular formula is C15H23NO2. The van der Waals surface area contributed by atoms with Crippen LogP contribution < -0.4 is 10.5 Å². The third-order valence-electron chi connectivity index (χ3n) is 4.28. The smallest absolute Gasteiger partial charge is 0.122 e. The lowest BCUT2D eigenvalue weighted by Gasteiger charge is -2.47. The molecule has 1 aliphatic rings. The predicted molar refractivity (Wildman–Crippen MR) is 72.7 cm³/mol. The van der Waals surface area contributed by atoms with Gasteiger partial charge in [-0.25, -0.2) is 0 Å². The van der Waals surface area contributed by atoms with Gasteiger partial charge in [0.05, 0.1) is 12.2 Å². The summed E-state index contributed by atoms with van der Waals surface area (Å²) in [5.74, 6) is 0.925. The van der Waals surface area contributed by atoms with Crippen LogP contribution in [0.4, 0.5) is 0 Å². The van der Waals surface area contributed by atoms with E-state index in [1.165, 1.54) is 0 Å². The topological polar surface area (TPSA) is 55.5 Å². The highest BCUT2D eigenvalue weighted by atomic mass is 16.5. The molecule has 2 unspecified atom stereocenters. The average Bonchev–Trinajstić information content (AvgIpc) is 2.37. The first-order valence-corrected chi connectivity index (χ1v) is 6.68. The van der Waals surface area contributed by atoms with Crippen LogP contribution >= 0.6 is 0 Å². The van der Waals surface area contributed by atoms with Crippen LogP contribution in [0.3, 0.4) is 0 Å². The van der Waals surface area contributed by atoms with Crippen LogP contribution in [0.25, 0.3) is 0 Å². The molecule has 1 aromatic carbocycles. The Morgan fingerprint density at radius 1 is 1.44 bits per heavy atom. The van der Waals surface area contributed by atoms with Gasteiger partial charge >= 0.3 is 0 Å². The summed E-state index contributed by atoms with van der Waals surface area (Å²) in [5, 5.41) is 10.8. The molecule has 0 spiro atoms. The highest BCUT2D eigenvalue weighted by molar-refractivity contribution is 5.37. The number of fused-ring (bicyclic) bond motifs is 1. The third kappa shape index (κ3) is 2.13. The summed E-state index contributed by atoms with van der Waals surface area (Å²) in [5.41, 5.74) is 5.95. The van der Waals surface area contributed by atoms with Crippen LogP contribution in [0, 0.1) is 5.41 Å². The second-order valence-corrected chi connectivity index (χ2v) is 5.58. The Bertz CT molecular complexity index is 417. The average molecular weight is 249 g/mol. The van der Waals surface area contributed by atoms with Crippen molar-refractivity contribution in [1.29, 1.82) is 0 Å². The van der Waals surface area contributed by atoms with Crippen molar-refractivity contribution in [3.8, 4) is 5.75 Å². The Morgan fingerprint density at radius 2 is 2.17 bits per heavy atom. The molecule has 3 N–H and O–H groups in total. The van der Waals surface area contributed by atoms with E-state index in [0.29, 0.717) is 13.2 Å². The molecule has 1 aliphatic heterocycles. The number of nitrogens with two attached hydrogens (primary N) is 1. The van der Waals surface area contributed by atoms with Crippen molar-refractivity contribution in [2.75, 3.05) is 13.2 Å². The van der Waals surface area contributed by atoms with E-state index in [-0.39, 0.29) is 5.41 Å². The van der Waals surface area contributed by atoms with E-state index in [2.05, 4.69) is 13.0 Å². The summed E-state index contributed by atoms with van der Waals surface area (Å²) in [6, 6.07) is 8.01. The minimum absolute atomic E-state index is 0.378. The first kappa shape index (κ1) is 13.4. The Kier molecular flexibility index (Phi) is 3.64. The van der Waals surface area contributed by atoms with Gasteiger partial charge in [-0.05, 0) is 31.4 Å². The second-order valence-electron chi connectivity index (χ2n) is 5.58. The number of hydrogen-bond donors (Lipinski definition) is 2. The van der Waals surface area contributed by atoms with Crippen LogP contribution in [0.2, 0.25) is 0 Å². The van der Waals surface area contributed by atoms with Crippen molar-refractivity contribution in [3.63, 3.8) is 0 Å². The Balaban J connectivity index is 2.32. The maximum atomic E-state index is 10.8. The van der Waals surface area contributed by atoms with Gasteiger partial charge < -0.3 is 15.6 Å². The van der Waals surface area contributed by atoms with Crippen LogP contribution in [0.5, 0.6) is 5.75 Å². The molecule has 0 aromatic heterocycles. The quantitative estimate of drug-likeness (QED) is 0.859. The number of hydrogen-bond acceptors (Lipinski definition) is 3. The van der Waals surface area contributed by atoms with Gasteiger partial charge in [-0.3, -0.25) is 0 Å². The van der Waals surface area contributed by atoms with E-state index in [9.17, 15) is 5.11 Å². The van der Waals surface area contributed by atoms with Gasteiger partial charge in [-0.2, -0.15) is 0 Å². The molecule has 0 aliphatic carbocycles. The fraction of sp³-hybridized carbons (Fsp3) is 0.600. The molecule has 0 bridgehead atoms. The molecule has 18 heavy (non-hydrogen) atoms. The summed E-state index contributed by atoms with van der Waals surface area (Å²) in [4.78, 5) is 0. The molecule has 0 saturated carbocycles. The zero-order valence-corrected chi connectivity index (χ0v) is 11.3. The van der Waals surface area contributed by atoms with Crippen LogP contribution in [0.15, 0.2) is 24.3 Å². The summed E-state index contributed by atoms with van der Waals surface area (Å²) >= 11 is 0. The Morgan fingerprint density at radius 3 is 2.83 bits per heavy atom. The van der Waals surface area contributed by atoms with Gasteiger partial charge in [-0.15, -0.1) is 0 Å². The first-order valence-electron chi connectivity index (χ1n) is 6.68.